The molecule has 6 heteroatoms. The van der Waals surface area contributed by atoms with E-state index in [1.807, 2.05) is 13.0 Å². The number of nitrogen functional groups attached to an aromatic ring is 1. The van der Waals surface area contributed by atoms with Gasteiger partial charge in [0.15, 0.2) is 0 Å². The average molecular weight is 267 g/mol. The lowest BCUT2D eigenvalue weighted by atomic mass is 10.1. The molecule has 1 amide bonds. The van der Waals surface area contributed by atoms with Crippen LogP contribution in [0.2, 0.25) is 0 Å². The third kappa shape index (κ3) is 2.91. The Morgan fingerprint density at radius 1 is 1.35 bits per heavy atom. The van der Waals surface area contributed by atoms with Gasteiger partial charge in [-0.05, 0) is 36.8 Å². The third-order valence-corrected chi connectivity index (χ3v) is 2.77. The van der Waals surface area contributed by atoms with Crippen LogP contribution in [0.15, 0.2) is 36.5 Å². The molecule has 100 valence electrons. The number of carbonyl (C=O) groups is 1. The van der Waals surface area contributed by atoms with E-state index >= 15 is 0 Å². The van der Waals surface area contributed by atoms with E-state index < -0.39 is 0 Å². The standard InChI is InChI=1S/C14H13N5O/c1-9-2-3-10(8-15)6-12(9)18-14(20)13-7-11(19-16)4-5-17-13/h2-7H,16H2,1H3,(H,17,19)(H,18,20). The summed E-state index contributed by atoms with van der Waals surface area (Å²) in [6.07, 6.45) is 1.49. The van der Waals surface area contributed by atoms with E-state index in [-0.39, 0.29) is 11.6 Å². The lowest BCUT2D eigenvalue weighted by Gasteiger charge is -2.09. The van der Waals surface area contributed by atoms with Gasteiger partial charge in [0.25, 0.3) is 5.91 Å². The molecule has 0 aliphatic heterocycles. The van der Waals surface area contributed by atoms with Crippen molar-refractivity contribution < 1.29 is 4.79 Å². The van der Waals surface area contributed by atoms with E-state index in [2.05, 4.69) is 15.7 Å². The number of nitrogens with one attached hydrogen (secondary N) is 2. The second-order valence-electron chi connectivity index (χ2n) is 4.17. The zero-order chi connectivity index (χ0) is 14.5. The summed E-state index contributed by atoms with van der Waals surface area (Å²) in [4.78, 5) is 16.1. The Hall–Kier alpha value is -2.91. The number of rotatable bonds is 3. The number of aryl methyl sites for hydroxylation is 1. The SMILES string of the molecule is Cc1ccc(C#N)cc1NC(=O)c1cc(NN)ccn1. The topological polar surface area (TPSA) is 104 Å². The number of nitriles is 1. The molecule has 20 heavy (non-hydrogen) atoms. The highest BCUT2D eigenvalue weighted by Gasteiger charge is 2.10. The van der Waals surface area contributed by atoms with Crippen LogP contribution in [0.25, 0.3) is 0 Å². The number of aromatic nitrogens is 1. The van der Waals surface area contributed by atoms with E-state index in [4.69, 9.17) is 11.1 Å². The van der Waals surface area contributed by atoms with Gasteiger partial charge in [-0.1, -0.05) is 6.07 Å². The minimum absolute atomic E-state index is 0.238. The van der Waals surface area contributed by atoms with Gasteiger partial charge in [0.2, 0.25) is 0 Å². The first-order valence-corrected chi connectivity index (χ1v) is 5.89. The number of nitrogens with zero attached hydrogens (tertiary/aromatic N) is 2. The van der Waals surface area contributed by atoms with Crippen LogP contribution in [0.4, 0.5) is 11.4 Å². The van der Waals surface area contributed by atoms with Crippen molar-refractivity contribution in [2.45, 2.75) is 6.92 Å². The van der Waals surface area contributed by atoms with Gasteiger partial charge >= 0.3 is 0 Å². The van der Waals surface area contributed by atoms with Gasteiger partial charge in [0.1, 0.15) is 5.69 Å². The highest BCUT2D eigenvalue weighted by atomic mass is 16.1. The number of hydrogen-bond acceptors (Lipinski definition) is 5. The predicted octanol–water partition coefficient (Wildman–Crippen LogP) is 1.80. The van der Waals surface area contributed by atoms with E-state index in [0.29, 0.717) is 16.9 Å². The molecule has 6 nitrogen and oxygen atoms in total. The molecule has 1 heterocycles. The van der Waals surface area contributed by atoms with Gasteiger partial charge in [-0.15, -0.1) is 0 Å². The highest BCUT2D eigenvalue weighted by Crippen LogP contribution is 2.17. The maximum absolute atomic E-state index is 12.1. The van der Waals surface area contributed by atoms with Crippen LogP contribution in [0.1, 0.15) is 21.6 Å². The highest BCUT2D eigenvalue weighted by molar-refractivity contribution is 6.03. The van der Waals surface area contributed by atoms with Crippen LogP contribution in [0, 0.1) is 18.3 Å². The van der Waals surface area contributed by atoms with Crippen LogP contribution < -0.4 is 16.6 Å². The van der Waals surface area contributed by atoms with E-state index in [0.717, 1.165) is 5.56 Å². The van der Waals surface area contributed by atoms with Crippen molar-refractivity contribution in [1.29, 1.82) is 5.26 Å². The van der Waals surface area contributed by atoms with Gasteiger partial charge in [0, 0.05) is 11.9 Å². The number of benzene rings is 1. The summed E-state index contributed by atoms with van der Waals surface area (Å²) >= 11 is 0. The summed E-state index contributed by atoms with van der Waals surface area (Å²) in [5.41, 5.74) is 5.22. The average Bonchev–Trinajstić information content (AvgIpc) is 2.49. The van der Waals surface area contributed by atoms with Gasteiger partial charge < -0.3 is 10.7 Å². The molecule has 0 spiro atoms. The Labute approximate surface area is 116 Å². The van der Waals surface area contributed by atoms with Crippen LogP contribution in [-0.4, -0.2) is 10.9 Å². The number of hydrazine groups is 1. The molecule has 0 radical (unpaired) electrons. The summed E-state index contributed by atoms with van der Waals surface area (Å²) in [5.74, 6) is 4.93. The van der Waals surface area contributed by atoms with Crippen molar-refractivity contribution in [1.82, 2.24) is 4.98 Å². The molecule has 0 aliphatic rings. The molecule has 0 aliphatic carbocycles. The summed E-state index contributed by atoms with van der Waals surface area (Å²) < 4.78 is 0. The van der Waals surface area contributed by atoms with E-state index in [9.17, 15) is 4.79 Å². The Balaban J connectivity index is 2.25. The van der Waals surface area contributed by atoms with Crippen molar-refractivity contribution in [3.63, 3.8) is 0 Å². The summed E-state index contributed by atoms with van der Waals surface area (Å²) in [7, 11) is 0. The molecule has 0 saturated heterocycles. The molecule has 2 rings (SSSR count). The minimum Gasteiger partial charge on any atom is -0.324 e. The summed E-state index contributed by atoms with van der Waals surface area (Å²) in [5, 5.41) is 11.6. The fourth-order valence-corrected chi connectivity index (χ4v) is 1.66. The third-order valence-electron chi connectivity index (χ3n) is 2.77. The number of nitrogens with two attached hydrogens (primary N) is 1. The van der Waals surface area contributed by atoms with Crippen LogP contribution in [0.5, 0.6) is 0 Å². The molecular formula is C14H13N5O. The first-order chi connectivity index (χ1) is 9.63. The molecule has 0 atom stereocenters. The molecule has 4 N–H and O–H groups in total. The van der Waals surface area contributed by atoms with Crippen molar-refractivity contribution >= 4 is 17.3 Å². The second-order valence-corrected chi connectivity index (χ2v) is 4.17. The van der Waals surface area contributed by atoms with Crippen LogP contribution in [-0.2, 0) is 0 Å². The first-order valence-electron chi connectivity index (χ1n) is 5.89. The van der Waals surface area contributed by atoms with Crippen LogP contribution >= 0.6 is 0 Å². The molecule has 0 bridgehead atoms. The number of amides is 1. The smallest absolute Gasteiger partial charge is 0.274 e. The van der Waals surface area contributed by atoms with Gasteiger partial charge in [-0.2, -0.15) is 5.26 Å². The molecular weight excluding hydrogens is 254 g/mol. The zero-order valence-corrected chi connectivity index (χ0v) is 10.8. The van der Waals surface area contributed by atoms with Crippen LogP contribution in [0.3, 0.4) is 0 Å². The monoisotopic (exact) mass is 267 g/mol. The lowest BCUT2D eigenvalue weighted by Crippen LogP contribution is -2.15. The molecule has 2 aromatic rings. The van der Waals surface area contributed by atoms with E-state index in [1.54, 1.807) is 30.3 Å². The lowest BCUT2D eigenvalue weighted by molar-refractivity contribution is 0.102. The summed E-state index contributed by atoms with van der Waals surface area (Å²) in [6, 6.07) is 10.3. The fourth-order valence-electron chi connectivity index (χ4n) is 1.66. The number of anilines is 2. The van der Waals surface area contributed by atoms with E-state index in [1.165, 1.54) is 6.20 Å². The first kappa shape index (κ1) is 13.5. The quantitative estimate of drug-likeness (QED) is 0.581. The maximum atomic E-state index is 12.1. The molecule has 1 aromatic heterocycles. The Morgan fingerprint density at radius 3 is 2.85 bits per heavy atom. The normalized spacial score (nSPS) is 9.65. The fraction of sp³-hybridized carbons (Fsp3) is 0.0714. The van der Waals surface area contributed by atoms with Crippen molar-refractivity contribution in [3.05, 3.63) is 53.3 Å². The number of hydrogen-bond donors (Lipinski definition) is 3. The molecule has 0 fully saturated rings. The van der Waals surface area contributed by atoms with Crippen molar-refractivity contribution in [2.24, 2.45) is 5.84 Å². The predicted molar refractivity (Wildman–Crippen MR) is 75.9 cm³/mol. The van der Waals surface area contributed by atoms with Gasteiger partial charge in [0.05, 0.1) is 17.3 Å². The minimum atomic E-state index is -0.361. The van der Waals surface area contributed by atoms with Gasteiger partial charge in [-0.25, -0.2) is 0 Å². The van der Waals surface area contributed by atoms with Crippen molar-refractivity contribution in [3.8, 4) is 6.07 Å². The zero-order valence-electron chi connectivity index (χ0n) is 10.8. The largest absolute Gasteiger partial charge is 0.324 e. The van der Waals surface area contributed by atoms with Crippen molar-refractivity contribution in [2.75, 3.05) is 10.7 Å². The molecule has 1 aromatic carbocycles. The Bertz CT molecular complexity index is 690. The maximum Gasteiger partial charge on any atom is 0.274 e. The second kappa shape index (κ2) is 5.82. The molecule has 0 saturated carbocycles. The Morgan fingerprint density at radius 2 is 2.15 bits per heavy atom. The summed E-state index contributed by atoms with van der Waals surface area (Å²) in [6.45, 7) is 1.85. The molecule has 0 unspecified atom stereocenters. The Kier molecular flexibility index (Phi) is 3.93. The number of carbonyl (C=O) groups excluding carboxylic acids is 1. The number of pyridine rings is 1. The van der Waals surface area contributed by atoms with Gasteiger partial charge in [-0.3, -0.25) is 15.6 Å².